The summed E-state index contributed by atoms with van der Waals surface area (Å²) in [7, 11) is 0. The van der Waals surface area contributed by atoms with Crippen molar-refractivity contribution in [1.82, 2.24) is 4.90 Å². The van der Waals surface area contributed by atoms with Crippen molar-refractivity contribution >= 4 is 5.91 Å². The molecule has 1 fully saturated rings. The lowest BCUT2D eigenvalue weighted by molar-refractivity contribution is -0.129. The summed E-state index contributed by atoms with van der Waals surface area (Å²) in [6.45, 7) is 2.23. The smallest absolute Gasteiger partial charge is 0.246 e. The Morgan fingerprint density at radius 1 is 1.27 bits per heavy atom. The summed E-state index contributed by atoms with van der Waals surface area (Å²) in [5, 5.41) is 19.7. The number of rotatable bonds is 7. The minimum absolute atomic E-state index is 0.0774. The zero-order chi connectivity index (χ0) is 15.9. The largest absolute Gasteiger partial charge is 0.491 e. The van der Waals surface area contributed by atoms with E-state index in [-0.39, 0.29) is 12.5 Å². The molecule has 1 aliphatic heterocycles. The SMILES string of the molecule is NC(=O)[C@H](O)C1CCN(C[C@@H](O)COc2ccccc2)CC1. The van der Waals surface area contributed by atoms with Crippen LogP contribution in [0.1, 0.15) is 12.8 Å². The van der Waals surface area contributed by atoms with Crippen LogP contribution in [-0.4, -0.2) is 59.5 Å². The number of aliphatic hydroxyl groups excluding tert-OH is 2. The highest BCUT2D eigenvalue weighted by Crippen LogP contribution is 2.20. The number of nitrogens with zero attached hydrogens (tertiary/aromatic N) is 1. The number of para-hydroxylation sites is 1. The number of aliphatic hydroxyl groups is 2. The molecular formula is C16H24N2O4. The molecule has 2 atom stereocenters. The number of amides is 1. The van der Waals surface area contributed by atoms with Crippen molar-refractivity contribution in [3.05, 3.63) is 30.3 Å². The van der Waals surface area contributed by atoms with Crippen molar-refractivity contribution in [2.75, 3.05) is 26.2 Å². The second-order valence-electron chi connectivity index (χ2n) is 5.76. The van der Waals surface area contributed by atoms with Gasteiger partial charge in [-0.15, -0.1) is 0 Å². The Balaban J connectivity index is 1.68. The predicted molar refractivity (Wildman–Crippen MR) is 82.3 cm³/mol. The van der Waals surface area contributed by atoms with Gasteiger partial charge in [0.1, 0.15) is 24.6 Å². The van der Waals surface area contributed by atoms with E-state index in [0.717, 1.165) is 18.8 Å². The Labute approximate surface area is 130 Å². The monoisotopic (exact) mass is 308 g/mol. The van der Waals surface area contributed by atoms with E-state index < -0.39 is 18.1 Å². The number of carbonyl (C=O) groups is 1. The topological polar surface area (TPSA) is 96.0 Å². The van der Waals surface area contributed by atoms with Crippen LogP contribution in [0.2, 0.25) is 0 Å². The van der Waals surface area contributed by atoms with Gasteiger partial charge in [0.05, 0.1) is 0 Å². The molecule has 0 aliphatic carbocycles. The molecule has 1 saturated heterocycles. The minimum atomic E-state index is -1.06. The molecule has 2 rings (SSSR count). The van der Waals surface area contributed by atoms with Gasteiger partial charge in [-0.3, -0.25) is 4.79 Å². The van der Waals surface area contributed by atoms with E-state index in [1.807, 2.05) is 30.3 Å². The maximum Gasteiger partial charge on any atom is 0.246 e. The molecule has 6 nitrogen and oxygen atoms in total. The fourth-order valence-electron chi connectivity index (χ4n) is 2.74. The van der Waals surface area contributed by atoms with E-state index in [1.165, 1.54) is 0 Å². The fraction of sp³-hybridized carbons (Fsp3) is 0.562. The van der Waals surface area contributed by atoms with Gasteiger partial charge in [-0.05, 0) is 44.0 Å². The van der Waals surface area contributed by atoms with Crippen molar-refractivity contribution in [3.8, 4) is 5.75 Å². The first-order valence-electron chi connectivity index (χ1n) is 7.62. The summed E-state index contributed by atoms with van der Waals surface area (Å²) >= 11 is 0. The van der Waals surface area contributed by atoms with Gasteiger partial charge in [0.2, 0.25) is 5.91 Å². The molecule has 0 unspecified atom stereocenters. The Hall–Kier alpha value is -1.63. The highest BCUT2D eigenvalue weighted by atomic mass is 16.5. The third-order valence-corrected chi connectivity index (χ3v) is 4.02. The number of primary amides is 1. The molecule has 1 aromatic rings. The van der Waals surface area contributed by atoms with Gasteiger partial charge in [0, 0.05) is 6.54 Å². The molecule has 0 aromatic heterocycles. The standard InChI is InChI=1S/C16H24N2O4/c17-16(21)15(20)12-6-8-18(9-7-12)10-13(19)11-22-14-4-2-1-3-5-14/h1-5,12-13,15,19-20H,6-11H2,(H2,17,21)/t13-,15-/m1/s1. The number of likely N-dealkylation sites (tertiary alicyclic amines) is 1. The molecule has 4 N–H and O–H groups in total. The minimum Gasteiger partial charge on any atom is -0.491 e. The molecule has 1 aliphatic rings. The van der Waals surface area contributed by atoms with Crippen LogP contribution in [-0.2, 0) is 4.79 Å². The molecule has 0 bridgehead atoms. The van der Waals surface area contributed by atoms with Gasteiger partial charge in [-0.25, -0.2) is 0 Å². The summed E-state index contributed by atoms with van der Waals surface area (Å²) in [6, 6.07) is 9.38. The third-order valence-electron chi connectivity index (χ3n) is 4.02. The number of hydrogen-bond donors (Lipinski definition) is 3. The lowest BCUT2D eigenvalue weighted by Crippen LogP contribution is -2.45. The second kappa shape index (κ2) is 8.12. The first-order valence-corrected chi connectivity index (χ1v) is 7.62. The van der Waals surface area contributed by atoms with Crippen molar-refractivity contribution in [2.24, 2.45) is 11.7 Å². The van der Waals surface area contributed by atoms with E-state index >= 15 is 0 Å². The van der Waals surface area contributed by atoms with Crippen LogP contribution in [0.3, 0.4) is 0 Å². The average molecular weight is 308 g/mol. The second-order valence-corrected chi connectivity index (χ2v) is 5.76. The lowest BCUT2D eigenvalue weighted by atomic mass is 9.91. The maximum absolute atomic E-state index is 11.0. The number of ether oxygens (including phenoxy) is 1. The van der Waals surface area contributed by atoms with Gasteiger partial charge in [0.25, 0.3) is 0 Å². The van der Waals surface area contributed by atoms with Crippen molar-refractivity contribution in [2.45, 2.75) is 25.0 Å². The Bertz CT molecular complexity index is 460. The Morgan fingerprint density at radius 3 is 2.50 bits per heavy atom. The summed E-state index contributed by atoms with van der Waals surface area (Å²) in [5.74, 6) is 0.00560. The van der Waals surface area contributed by atoms with E-state index in [0.29, 0.717) is 19.4 Å². The highest BCUT2D eigenvalue weighted by molar-refractivity contribution is 5.78. The van der Waals surface area contributed by atoms with E-state index in [4.69, 9.17) is 10.5 Å². The summed E-state index contributed by atoms with van der Waals surface area (Å²) < 4.78 is 5.52. The molecule has 122 valence electrons. The van der Waals surface area contributed by atoms with E-state index in [2.05, 4.69) is 4.90 Å². The van der Waals surface area contributed by atoms with Crippen LogP contribution in [0.4, 0.5) is 0 Å². The molecule has 1 heterocycles. The molecule has 0 spiro atoms. The summed E-state index contributed by atoms with van der Waals surface area (Å²) in [4.78, 5) is 13.1. The van der Waals surface area contributed by atoms with Crippen LogP contribution in [0.5, 0.6) is 5.75 Å². The van der Waals surface area contributed by atoms with Crippen LogP contribution >= 0.6 is 0 Å². The lowest BCUT2D eigenvalue weighted by Gasteiger charge is -2.34. The molecule has 22 heavy (non-hydrogen) atoms. The third kappa shape index (κ3) is 4.98. The molecule has 1 aromatic carbocycles. The predicted octanol–water partition coefficient (Wildman–Crippen LogP) is -0.0155. The normalized spacial score (nSPS) is 19.5. The van der Waals surface area contributed by atoms with Gasteiger partial charge in [-0.1, -0.05) is 18.2 Å². The summed E-state index contributed by atoms with van der Waals surface area (Å²) in [5.41, 5.74) is 5.12. The van der Waals surface area contributed by atoms with Crippen molar-refractivity contribution < 1.29 is 19.7 Å². The Kier molecular flexibility index (Phi) is 6.18. The number of hydrogen-bond acceptors (Lipinski definition) is 5. The van der Waals surface area contributed by atoms with Crippen LogP contribution in [0, 0.1) is 5.92 Å². The molecule has 6 heteroatoms. The van der Waals surface area contributed by atoms with Crippen molar-refractivity contribution in [3.63, 3.8) is 0 Å². The molecule has 1 amide bonds. The van der Waals surface area contributed by atoms with E-state index in [1.54, 1.807) is 0 Å². The number of benzene rings is 1. The average Bonchev–Trinajstić information content (AvgIpc) is 2.54. The first-order chi connectivity index (χ1) is 10.6. The molecule has 0 saturated carbocycles. The number of β-amino-alcohol motifs (C(OH)–C–C–N with tert-alkyl or cyclic N) is 1. The molecular weight excluding hydrogens is 284 g/mol. The highest BCUT2D eigenvalue weighted by Gasteiger charge is 2.28. The van der Waals surface area contributed by atoms with Crippen LogP contribution in [0.25, 0.3) is 0 Å². The Morgan fingerprint density at radius 2 is 1.91 bits per heavy atom. The zero-order valence-electron chi connectivity index (χ0n) is 12.6. The number of carbonyl (C=O) groups excluding carboxylic acids is 1. The number of piperidine rings is 1. The maximum atomic E-state index is 11.0. The van der Waals surface area contributed by atoms with E-state index in [9.17, 15) is 15.0 Å². The van der Waals surface area contributed by atoms with Crippen LogP contribution < -0.4 is 10.5 Å². The van der Waals surface area contributed by atoms with Gasteiger partial charge in [0.15, 0.2) is 0 Å². The van der Waals surface area contributed by atoms with Gasteiger partial charge in [-0.2, -0.15) is 0 Å². The number of nitrogens with two attached hydrogens (primary N) is 1. The first kappa shape index (κ1) is 16.7. The van der Waals surface area contributed by atoms with Crippen LogP contribution in [0.15, 0.2) is 30.3 Å². The quantitative estimate of drug-likeness (QED) is 0.658. The fourth-order valence-corrected chi connectivity index (χ4v) is 2.74. The van der Waals surface area contributed by atoms with Gasteiger partial charge < -0.3 is 25.6 Å². The van der Waals surface area contributed by atoms with Gasteiger partial charge >= 0.3 is 0 Å². The molecule has 0 radical (unpaired) electrons. The van der Waals surface area contributed by atoms with Crippen molar-refractivity contribution in [1.29, 1.82) is 0 Å². The summed E-state index contributed by atoms with van der Waals surface area (Å²) in [6.07, 6.45) is -0.224. The zero-order valence-corrected chi connectivity index (χ0v) is 12.6.